The van der Waals surface area contributed by atoms with Gasteiger partial charge in [-0.05, 0) is 26.7 Å². The molecular formula is C15H29N7O6. The number of amides is 3. The summed E-state index contributed by atoms with van der Waals surface area (Å²) in [6, 6.07) is -3.45. The van der Waals surface area contributed by atoms with Crippen LogP contribution in [-0.2, 0) is 19.2 Å². The molecule has 0 aromatic carbocycles. The van der Waals surface area contributed by atoms with Gasteiger partial charge in [-0.15, -0.1) is 0 Å². The summed E-state index contributed by atoms with van der Waals surface area (Å²) in [5.41, 5.74) is 16.0. The lowest BCUT2D eigenvalue weighted by Gasteiger charge is -2.20. The lowest BCUT2D eigenvalue weighted by atomic mass is 10.1. The van der Waals surface area contributed by atoms with E-state index >= 15 is 0 Å². The minimum absolute atomic E-state index is 0.0593. The van der Waals surface area contributed by atoms with Gasteiger partial charge in [0.15, 0.2) is 12.0 Å². The number of rotatable bonds is 12. The molecule has 13 nitrogen and oxygen atoms in total. The molecule has 0 aromatic rings. The maximum atomic E-state index is 11.9. The molecular weight excluding hydrogens is 374 g/mol. The number of carboxylic acid groups (broad SMARTS) is 1. The van der Waals surface area contributed by atoms with Crippen molar-refractivity contribution >= 4 is 29.7 Å². The maximum Gasteiger partial charge on any atom is 0.328 e. The van der Waals surface area contributed by atoms with Crippen LogP contribution in [0.25, 0.3) is 0 Å². The number of carboxylic acids is 1. The number of aliphatic hydroxyl groups excluding tert-OH is 1. The van der Waals surface area contributed by atoms with Crippen molar-refractivity contribution in [3.63, 3.8) is 0 Å². The molecule has 28 heavy (non-hydrogen) atoms. The topological polar surface area (TPSA) is 235 Å². The Morgan fingerprint density at radius 2 is 1.68 bits per heavy atom. The molecule has 0 aliphatic carbocycles. The van der Waals surface area contributed by atoms with E-state index in [1.807, 2.05) is 0 Å². The smallest absolute Gasteiger partial charge is 0.328 e. The van der Waals surface area contributed by atoms with E-state index in [0.717, 1.165) is 0 Å². The zero-order chi connectivity index (χ0) is 21.9. The highest BCUT2D eigenvalue weighted by molar-refractivity contribution is 5.92. The van der Waals surface area contributed by atoms with Gasteiger partial charge in [-0.25, -0.2) is 4.79 Å². The van der Waals surface area contributed by atoms with E-state index in [1.165, 1.54) is 13.8 Å². The number of nitrogens with zero attached hydrogens (tertiary/aromatic N) is 1. The summed E-state index contributed by atoms with van der Waals surface area (Å²) >= 11 is 0. The van der Waals surface area contributed by atoms with Crippen molar-refractivity contribution in [1.82, 2.24) is 16.0 Å². The lowest BCUT2D eigenvalue weighted by molar-refractivity contribution is -0.145. The fourth-order valence-electron chi connectivity index (χ4n) is 1.97. The second kappa shape index (κ2) is 12.5. The Bertz CT molecular complexity index is 591. The molecule has 0 aliphatic heterocycles. The molecule has 0 radical (unpaired) electrons. The quantitative estimate of drug-likeness (QED) is 0.0897. The number of carbonyl (C=O) groups is 4. The number of hydrogen-bond donors (Lipinski definition) is 8. The van der Waals surface area contributed by atoms with E-state index in [2.05, 4.69) is 20.9 Å². The Labute approximate surface area is 162 Å². The minimum Gasteiger partial charge on any atom is -0.480 e. The molecule has 0 saturated heterocycles. The van der Waals surface area contributed by atoms with Crippen LogP contribution in [0.3, 0.4) is 0 Å². The number of aliphatic carboxylic acids is 1. The van der Waals surface area contributed by atoms with E-state index < -0.39 is 54.5 Å². The Morgan fingerprint density at radius 3 is 2.18 bits per heavy atom. The fourth-order valence-corrected chi connectivity index (χ4v) is 1.97. The van der Waals surface area contributed by atoms with Crippen molar-refractivity contribution in [3.8, 4) is 0 Å². The SMILES string of the molecule is CC(NC(=O)CNC(=O)C(N)CCCN=C(N)N)C(=O)NC(C(=O)O)C(C)O. The Balaban J connectivity index is 4.31. The number of carbonyl (C=O) groups excluding carboxylic acids is 3. The molecule has 0 fully saturated rings. The number of nitrogens with two attached hydrogens (primary N) is 3. The van der Waals surface area contributed by atoms with Crippen molar-refractivity contribution in [3.05, 3.63) is 0 Å². The summed E-state index contributed by atoms with van der Waals surface area (Å²) < 4.78 is 0. The summed E-state index contributed by atoms with van der Waals surface area (Å²) in [7, 11) is 0. The number of guanidine groups is 1. The molecule has 0 bridgehead atoms. The van der Waals surface area contributed by atoms with Gasteiger partial charge >= 0.3 is 5.97 Å². The van der Waals surface area contributed by atoms with Crippen molar-refractivity contribution < 1.29 is 29.4 Å². The summed E-state index contributed by atoms with van der Waals surface area (Å²) in [5.74, 6) is -3.51. The van der Waals surface area contributed by atoms with Crippen LogP contribution in [0.15, 0.2) is 4.99 Å². The number of aliphatic hydroxyl groups is 1. The lowest BCUT2D eigenvalue weighted by Crippen LogP contribution is -2.55. The predicted octanol–water partition coefficient (Wildman–Crippen LogP) is -4.06. The molecule has 0 saturated carbocycles. The maximum absolute atomic E-state index is 11.9. The van der Waals surface area contributed by atoms with Crippen LogP contribution in [0.5, 0.6) is 0 Å². The van der Waals surface area contributed by atoms with Crippen LogP contribution in [0.1, 0.15) is 26.7 Å². The highest BCUT2D eigenvalue weighted by Gasteiger charge is 2.27. The predicted molar refractivity (Wildman–Crippen MR) is 99.7 cm³/mol. The normalized spacial score (nSPS) is 14.7. The highest BCUT2D eigenvalue weighted by atomic mass is 16.4. The van der Waals surface area contributed by atoms with E-state index in [-0.39, 0.29) is 5.96 Å². The first-order valence-corrected chi connectivity index (χ1v) is 8.55. The van der Waals surface area contributed by atoms with Crippen molar-refractivity contribution in [2.75, 3.05) is 13.1 Å². The van der Waals surface area contributed by atoms with Gasteiger partial charge in [0.25, 0.3) is 0 Å². The van der Waals surface area contributed by atoms with Crippen LogP contribution in [0.4, 0.5) is 0 Å². The molecule has 160 valence electrons. The molecule has 4 atom stereocenters. The van der Waals surface area contributed by atoms with Crippen molar-refractivity contribution in [1.29, 1.82) is 0 Å². The monoisotopic (exact) mass is 403 g/mol. The Kier molecular flexibility index (Phi) is 11.2. The van der Waals surface area contributed by atoms with E-state index in [0.29, 0.717) is 19.4 Å². The second-order valence-corrected chi connectivity index (χ2v) is 6.13. The largest absolute Gasteiger partial charge is 0.480 e. The average Bonchev–Trinajstić information content (AvgIpc) is 2.59. The standard InChI is InChI=1S/C15H29N7O6/c1-7(12(25)22-11(8(2)23)14(27)28)21-10(24)6-20-13(26)9(16)4-3-5-19-15(17)18/h7-9,11,23H,3-6,16H2,1-2H3,(H,20,26)(H,21,24)(H,22,25)(H,27,28)(H4,17,18,19). The first-order chi connectivity index (χ1) is 13.0. The Morgan fingerprint density at radius 1 is 1.07 bits per heavy atom. The molecule has 0 rings (SSSR count). The highest BCUT2D eigenvalue weighted by Crippen LogP contribution is 1.96. The van der Waals surface area contributed by atoms with Crippen molar-refractivity contribution in [2.24, 2.45) is 22.2 Å². The molecule has 0 spiro atoms. The number of nitrogens with one attached hydrogen (secondary N) is 3. The molecule has 0 aliphatic rings. The van der Waals surface area contributed by atoms with Crippen LogP contribution < -0.4 is 33.2 Å². The fraction of sp³-hybridized carbons (Fsp3) is 0.667. The summed E-state index contributed by atoms with van der Waals surface area (Å²) in [6.45, 7) is 2.43. The number of hydrogen-bond acceptors (Lipinski definition) is 7. The number of aliphatic imine (C=N–C) groups is 1. The molecule has 4 unspecified atom stereocenters. The second-order valence-electron chi connectivity index (χ2n) is 6.13. The summed E-state index contributed by atoms with van der Waals surface area (Å²) in [5, 5.41) is 25.0. The Hall–Kier alpha value is -2.93. The van der Waals surface area contributed by atoms with Gasteiger partial charge in [-0.3, -0.25) is 19.4 Å². The van der Waals surface area contributed by atoms with Gasteiger partial charge in [-0.2, -0.15) is 0 Å². The molecule has 13 heteroatoms. The van der Waals surface area contributed by atoms with E-state index in [4.69, 9.17) is 22.3 Å². The van der Waals surface area contributed by atoms with Gasteiger partial charge in [-0.1, -0.05) is 0 Å². The van der Waals surface area contributed by atoms with Gasteiger partial charge in [0.05, 0.1) is 18.7 Å². The van der Waals surface area contributed by atoms with Gasteiger partial charge in [0.2, 0.25) is 17.7 Å². The molecule has 11 N–H and O–H groups in total. The average molecular weight is 403 g/mol. The van der Waals surface area contributed by atoms with Gasteiger partial charge in [0, 0.05) is 6.54 Å². The minimum atomic E-state index is -1.51. The first-order valence-electron chi connectivity index (χ1n) is 8.55. The summed E-state index contributed by atoms with van der Waals surface area (Å²) in [6.07, 6.45) is -0.541. The molecule has 0 heterocycles. The third-order valence-electron chi connectivity index (χ3n) is 3.54. The summed E-state index contributed by atoms with van der Waals surface area (Å²) in [4.78, 5) is 50.2. The third-order valence-corrected chi connectivity index (χ3v) is 3.54. The van der Waals surface area contributed by atoms with Crippen molar-refractivity contribution in [2.45, 2.75) is 50.9 Å². The molecule has 0 aromatic heterocycles. The first kappa shape index (κ1) is 25.1. The van der Waals surface area contributed by atoms with Gasteiger partial charge in [0.1, 0.15) is 6.04 Å². The third kappa shape index (κ3) is 10.3. The van der Waals surface area contributed by atoms with Crippen LogP contribution in [-0.4, -0.2) is 77.2 Å². The van der Waals surface area contributed by atoms with Crippen LogP contribution >= 0.6 is 0 Å². The van der Waals surface area contributed by atoms with E-state index in [1.54, 1.807) is 0 Å². The zero-order valence-corrected chi connectivity index (χ0v) is 15.8. The van der Waals surface area contributed by atoms with E-state index in [9.17, 15) is 24.3 Å². The zero-order valence-electron chi connectivity index (χ0n) is 15.8. The van der Waals surface area contributed by atoms with Crippen LogP contribution in [0.2, 0.25) is 0 Å². The van der Waals surface area contributed by atoms with Crippen LogP contribution in [0, 0.1) is 0 Å². The molecule has 3 amide bonds. The van der Waals surface area contributed by atoms with Gasteiger partial charge < -0.3 is 43.4 Å².